The Hall–Kier alpha value is -1.92. The maximum Gasteiger partial charge on any atom is 0.306 e. The molecule has 6 nitrogen and oxygen atoms in total. The van der Waals surface area contributed by atoms with Crippen LogP contribution in [0, 0.1) is 0 Å². The van der Waals surface area contributed by atoms with E-state index in [4.69, 9.17) is 4.74 Å². The average molecular weight is 886 g/mol. The molecule has 6 heteroatoms. The standard InChI is InChI=1S/C57H107NO5/c1-4-7-10-13-16-19-21-23-25-27-28-29-31-33-35-38-41-44-47-50-57(62)63-53(48-45-42-39-37-34-32-30-26-24-22-20-17-14-11-8-5-2)51-56(61)58-54(52-59)55(60)49-46-43-40-36-18-15-12-9-6-3/h16,19,23,25,28-29,53-55,59-60H,4-15,17-18,20-22,24,26-27,30-52H2,1-3H3,(H,58,61)/b19-16-,25-23-,29-28-. The van der Waals surface area contributed by atoms with E-state index in [9.17, 15) is 19.8 Å². The minimum absolute atomic E-state index is 0.0764. The van der Waals surface area contributed by atoms with Gasteiger partial charge in [-0.25, -0.2) is 0 Å². The van der Waals surface area contributed by atoms with E-state index in [0.29, 0.717) is 19.3 Å². The molecule has 0 saturated heterocycles. The Morgan fingerprint density at radius 1 is 0.460 bits per heavy atom. The minimum atomic E-state index is -0.786. The predicted molar refractivity (Wildman–Crippen MR) is 273 cm³/mol. The van der Waals surface area contributed by atoms with Crippen LogP contribution in [0.25, 0.3) is 0 Å². The highest BCUT2D eigenvalue weighted by Crippen LogP contribution is 2.18. The van der Waals surface area contributed by atoms with Crippen LogP contribution in [0.2, 0.25) is 0 Å². The third-order valence-electron chi connectivity index (χ3n) is 12.7. The fraction of sp³-hybridized carbons (Fsp3) is 0.860. The molecule has 3 unspecified atom stereocenters. The molecule has 0 aliphatic rings. The van der Waals surface area contributed by atoms with Crippen molar-refractivity contribution in [3.8, 4) is 0 Å². The quantitative estimate of drug-likeness (QED) is 0.0321. The first-order valence-electron chi connectivity index (χ1n) is 27.7. The van der Waals surface area contributed by atoms with Crippen LogP contribution < -0.4 is 5.32 Å². The molecule has 0 spiro atoms. The highest BCUT2D eigenvalue weighted by molar-refractivity contribution is 5.77. The molecule has 3 N–H and O–H groups in total. The van der Waals surface area contributed by atoms with E-state index >= 15 is 0 Å². The van der Waals surface area contributed by atoms with Gasteiger partial charge in [-0.1, -0.05) is 250 Å². The highest BCUT2D eigenvalue weighted by Gasteiger charge is 2.24. The number of carbonyl (C=O) groups excluding carboxylic acids is 2. The summed E-state index contributed by atoms with van der Waals surface area (Å²) in [5, 5.41) is 23.7. The summed E-state index contributed by atoms with van der Waals surface area (Å²) in [5.41, 5.74) is 0. The second kappa shape index (κ2) is 51.1. The van der Waals surface area contributed by atoms with Crippen molar-refractivity contribution in [2.75, 3.05) is 6.61 Å². The molecule has 63 heavy (non-hydrogen) atoms. The third kappa shape index (κ3) is 46.4. The number of aliphatic hydroxyl groups is 2. The zero-order valence-corrected chi connectivity index (χ0v) is 42.2. The lowest BCUT2D eigenvalue weighted by molar-refractivity contribution is -0.151. The van der Waals surface area contributed by atoms with E-state index in [1.54, 1.807) is 0 Å². The van der Waals surface area contributed by atoms with Gasteiger partial charge in [-0.15, -0.1) is 0 Å². The summed E-state index contributed by atoms with van der Waals surface area (Å²) in [5.74, 6) is -0.475. The normalized spacial score (nSPS) is 13.4. The lowest BCUT2D eigenvalue weighted by Crippen LogP contribution is -2.46. The number of ether oxygens (including phenoxy) is 1. The number of amides is 1. The first-order valence-corrected chi connectivity index (χ1v) is 27.7. The number of unbranched alkanes of at least 4 members (excludes halogenated alkanes) is 32. The molecule has 0 aromatic rings. The van der Waals surface area contributed by atoms with Gasteiger partial charge in [-0.05, 0) is 64.2 Å². The van der Waals surface area contributed by atoms with Crippen molar-refractivity contribution in [2.45, 2.75) is 309 Å². The molecule has 0 bridgehead atoms. The third-order valence-corrected chi connectivity index (χ3v) is 12.7. The number of aliphatic hydroxyl groups excluding tert-OH is 2. The van der Waals surface area contributed by atoms with Gasteiger partial charge in [0.2, 0.25) is 5.91 Å². The van der Waals surface area contributed by atoms with E-state index in [1.165, 1.54) is 173 Å². The Balaban J connectivity index is 4.53. The van der Waals surface area contributed by atoms with Crippen molar-refractivity contribution in [1.82, 2.24) is 5.32 Å². The summed E-state index contributed by atoms with van der Waals surface area (Å²) < 4.78 is 5.95. The maximum absolute atomic E-state index is 13.2. The van der Waals surface area contributed by atoms with Gasteiger partial charge in [0.05, 0.1) is 25.2 Å². The number of hydrogen-bond acceptors (Lipinski definition) is 5. The molecular weight excluding hydrogens is 779 g/mol. The van der Waals surface area contributed by atoms with Gasteiger partial charge in [0.15, 0.2) is 0 Å². The zero-order chi connectivity index (χ0) is 45.9. The van der Waals surface area contributed by atoms with E-state index in [0.717, 1.165) is 70.6 Å². The van der Waals surface area contributed by atoms with E-state index in [1.807, 2.05) is 0 Å². The smallest absolute Gasteiger partial charge is 0.306 e. The van der Waals surface area contributed by atoms with Crippen LogP contribution >= 0.6 is 0 Å². The van der Waals surface area contributed by atoms with Crippen molar-refractivity contribution in [1.29, 1.82) is 0 Å². The van der Waals surface area contributed by atoms with Gasteiger partial charge >= 0.3 is 5.97 Å². The van der Waals surface area contributed by atoms with E-state index in [-0.39, 0.29) is 24.9 Å². The minimum Gasteiger partial charge on any atom is -0.462 e. The molecule has 0 radical (unpaired) electrons. The lowest BCUT2D eigenvalue weighted by atomic mass is 10.0. The molecule has 0 aliphatic carbocycles. The fourth-order valence-electron chi connectivity index (χ4n) is 8.50. The molecule has 3 atom stereocenters. The van der Waals surface area contributed by atoms with Crippen molar-refractivity contribution in [3.63, 3.8) is 0 Å². The number of rotatable bonds is 50. The van der Waals surface area contributed by atoms with Gasteiger partial charge in [0.25, 0.3) is 0 Å². The number of nitrogens with one attached hydrogen (secondary N) is 1. The molecule has 0 rings (SSSR count). The molecule has 0 saturated carbocycles. The highest BCUT2D eigenvalue weighted by atomic mass is 16.5. The van der Waals surface area contributed by atoms with Crippen molar-refractivity contribution in [2.24, 2.45) is 0 Å². The summed E-state index contributed by atoms with van der Waals surface area (Å²) >= 11 is 0. The largest absolute Gasteiger partial charge is 0.462 e. The molecule has 0 aliphatic heterocycles. The first kappa shape index (κ1) is 61.1. The van der Waals surface area contributed by atoms with Gasteiger partial charge < -0.3 is 20.3 Å². The van der Waals surface area contributed by atoms with Crippen LogP contribution in [0.3, 0.4) is 0 Å². The van der Waals surface area contributed by atoms with Crippen LogP contribution in [0.4, 0.5) is 0 Å². The summed E-state index contributed by atoms with van der Waals surface area (Å²) in [6.07, 6.45) is 60.7. The van der Waals surface area contributed by atoms with Crippen LogP contribution in [-0.4, -0.2) is 46.9 Å². The van der Waals surface area contributed by atoms with E-state index in [2.05, 4.69) is 62.5 Å². The van der Waals surface area contributed by atoms with Gasteiger partial charge in [-0.3, -0.25) is 9.59 Å². The predicted octanol–water partition coefficient (Wildman–Crippen LogP) is 16.8. The number of hydrogen-bond donors (Lipinski definition) is 3. The van der Waals surface area contributed by atoms with Crippen molar-refractivity contribution >= 4 is 11.9 Å². The monoisotopic (exact) mass is 886 g/mol. The van der Waals surface area contributed by atoms with Crippen LogP contribution in [-0.2, 0) is 14.3 Å². The summed E-state index contributed by atoms with van der Waals surface area (Å²) in [7, 11) is 0. The molecule has 1 amide bonds. The molecule has 0 aromatic heterocycles. The Kier molecular flexibility index (Phi) is 49.5. The Labute approximate surface area is 392 Å². The van der Waals surface area contributed by atoms with Crippen molar-refractivity contribution in [3.05, 3.63) is 36.5 Å². The number of esters is 1. The molecule has 370 valence electrons. The topological polar surface area (TPSA) is 95.9 Å². The zero-order valence-electron chi connectivity index (χ0n) is 42.2. The van der Waals surface area contributed by atoms with Gasteiger partial charge in [0, 0.05) is 6.42 Å². The van der Waals surface area contributed by atoms with Crippen LogP contribution in [0.1, 0.15) is 290 Å². The van der Waals surface area contributed by atoms with E-state index < -0.39 is 18.2 Å². The summed E-state index contributed by atoms with van der Waals surface area (Å²) in [4.78, 5) is 26.2. The average Bonchev–Trinajstić information content (AvgIpc) is 3.28. The molecule has 0 aromatic carbocycles. The maximum atomic E-state index is 13.2. The Morgan fingerprint density at radius 3 is 1.25 bits per heavy atom. The summed E-state index contributed by atoms with van der Waals surface area (Å²) in [6.45, 7) is 6.46. The Morgan fingerprint density at radius 2 is 0.810 bits per heavy atom. The molecule has 0 fully saturated rings. The lowest BCUT2D eigenvalue weighted by Gasteiger charge is -2.24. The fourth-order valence-corrected chi connectivity index (χ4v) is 8.50. The van der Waals surface area contributed by atoms with Crippen molar-refractivity contribution < 1.29 is 24.5 Å². The first-order chi connectivity index (χ1) is 31.0. The number of carbonyl (C=O) groups is 2. The Bertz CT molecular complexity index is 1040. The number of allylic oxidation sites excluding steroid dienone is 6. The van der Waals surface area contributed by atoms with Gasteiger partial charge in [0.1, 0.15) is 6.10 Å². The second-order valence-electron chi connectivity index (χ2n) is 19.0. The molecular formula is C57H107NO5. The van der Waals surface area contributed by atoms with Gasteiger partial charge in [-0.2, -0.15) is 0 Å². The summed E-state index contributed by atoms with van der Waals surface area (Å²) in [6, 6.07) is -0.700. The second-order valence-corrected chi connectivity index (χ2v) is 19.0. The van der Waals surface area contributed by atoms with Crippen LogP contribution in [0.15, 0.2) is 36.5 Å². The molecule has 0 heterocycles. The van der Waals surface area contributed by atoms with Crippen LogP contribution in [0.5, 0.6) is 0 Å². The SMILES string of the molecule is CCCCC/C=C\C/C=C\C/C=C\CCCCCCCCC(=O)OC(CCCCCCCCCCCCCCCCCC)CC(=O)NC(CO)C(O)CCCCCCCCCCC.